The lowest BCUT2D eigenvalue weighted by molar-refractivity contribution is -0.109. The average Bonchev–Trinajstić information content (AvgIpc) is 1.89. The first-order valence-corrected chi connectivity index (χ1v) is 2.44. The van der Waals surface area contributed by atoms with E-state index >= 15 is 0 Å². The van der Waals surface area contributed by atoms with Gasteiger partial charge < -0.3 is 0 Å². The van der Waals surface area contributed by atoms with Crippen LogP contribution in [-0.4, -0.2) is 11.5 Å². The van der Waals surface area contributed by atoms with Crippen molar-refractivity contribution in [3.63, 3.8) is 0 Å². The fraction of sp³-hybridized carbons (Fsp3) is 0. The van der Waals surface area contributed by atoms with Crippen LogP contribution in [0.5, 0.6) is 0 Å². The van der Waals surface area contributed by atoms with Crippen molar-refractivity contribution in [1.82, 2.24) is 0 Å². The summed E-state index contributed by atoms with van der Waals surface area (Å²) in [6, 6.07) is 0. The summed E-state index contributed by atoms with van der Waals surface area (Å²) in [4.78, 5) is 10.6. The van der Waals surface area contributed by atoms with Crippen molar-refractivity contribution in [2.24, 2.45) is 5.16 Å². The van der Waals surface area contributed by atoms with Crippen molar-refractivity contribution in [3.8, 4) is 0 Å². The van der Waals surface area contributed by atoms with Crippen LogP contribution in [0.25, 0.3) is 0 Å². The van der Waals surface area contributed by atoms with Crippen LogP contribution in [-0.2, 0) is 10.0 Å². The summed E-state index contributed by atoms with van der Waals surface area (Å²) in [7, 11) is 0. The molecule has 0 unspecified atom stereocenters. The molecule has 1 aliphatic carbocycles. The summed E-state index contributed by atoms with van der Waals surface area (Å²) >= 11 is 0. The van der Waals surface area contributed by atoms with Crippen molar-refractivity contribution >= 4 is 11.5 Å². The molecule has 0 N–H and O–H groups in total. The summed E-state index contributed by atoms with van der Waals surface area (Å²) in [5, 5.41) is 12.3. The van der Waals surface area contributed by atoms with E-state index in [9.17, 15) is 10.0 Å². The minimum absolute atomic E-state index is 0.0301. The Labute approximate surface area is 52.0 Å². The lowest BCUT2D eigenvalue weighted by atomic mass is 10.1. The Kier molecular flexibility index (Phi) is 1.44. The van der Waals surface area contributed by atoms with Crippen LogP contribution >= 0.6 is 0 Å². The molecule has 0 aromatic heterocycles. The van der Waals surface area contributed by atoms with Gasteiger partial charge in [-0.2, -0.15) is 0 Å². The number of allylic oxidation sites excluding steroid dienone is 4. The molecule has 0 fully saturated rings. The smallest absolute Gasteiger partial charge is 0.207 e. The SMILES string of the molecule is [O]/N=C1/C=CC=CC1=O. The normalized spacial score (nSPS) is 21.3. The van der Waals surface area contributed by atoms with Gasteiger partial charge in [-0.1, -0.05) is 12.2 Å². The molecule has 0 spiro atoms. The maximum absolute atomic E-state index is 10.6. The monoisotopic (exact) mass is 122 g/mol. The molecule has 0 aromatic carbocycles. The van der Waals surface area contributed by atoms with Gasteiger partial charge in [0.25, 0.3) is 0 Å². The first kappa shape index (κ1) is 5.75. The lowest BCUT2D eigenvalue weighted by Crippen LogP contribution is -2.09. The summed E-state index contributed by atoms with van der Waals surface area (Å²) in [5.74, 6) is -0.326. The molecular weight excluding hydrogens is 118 g/mol. The van der Waals surface area contributed by atoms with Gasteiger partial charge in [0.15, 0.2) is 5.71 Å². The van der Waals surface area contributed by atoms with E-state index in [1.54, 1.807) is 12.2 Å². The van der Waals surface area contributed by atoms with Crippen molar-refractivity contribution < 1.29 is 10.0 Å². The largest absolute Gasteiger partial charge is 0.287 e. The quantitative estimate of drug-likeness (QED) is 0.340. The molecule has 1 rings (SSSR count). The van der Waals surface area contributed by atoms with E-state index in [0.717, 1.165) is 0 Å². The van der Waals surface area contributed by atoms with Gasteiger partial charge in [-0.25, -0.2) is 0 Å². The van der Waals surface area contributed by atoms with E-state index in [0.29, 0.717) is 0 Å². The van der Waals surface area contributed by atoms with Gasteiger partial charge in [0, 0.05) is 0 Å². The van der Waals surface area contributed by atoms with Gasteiger partial charge >= 0.3 is 0 Å². The molecule has 9 heavy (non-hydrogen) atoms. The minimum Gasteiger partial charge on any atom is -0.287 e. The maximum atomic E-state index is 10.6. The molecule has 0 amide bonds. The third kappa shape index (κ3) is 1.05. The predicted molar refractivity (Wildman–Crippen MR) is 31.4 cm³/mol. The van der Waals surface area contributed by atoms with Crippen molar-refractivity contribution in [1.29, 1.82) is 0 Å². The van der Waals surface area contributed by atoms with E-state index in [-0.39, 0.29) is 11.5 Å². The minimum atomic E-state index is -0.326. The van der Waals surface area contributed by atoms with E-state index in [4.69, 9.17) is 0 Å². The van der Waals surface area contributed by atoms with Gasteiger partial charge in [-0.05, 0) is 17.3 Å². The fourth-order valence-corrected chi connectivity index (χ4v) is 0.533. The highest BCUT2D eigenvalue weighted by molar-refractivity contribution is 6.48. The highest BCUT2D eigenvalue weighted by Gasteiger charge is 2.06. The standard InChI is InChI=1S/C6H4NO2/c8-6-4-2-1-3-5(6)7-9/h1-4H/b7-5-. The maximum Gasteiger partial charge on any atom is 0.207 e. The first-order chi connectivity index (χ1) is 4.34. The third-order valence-corrected chi connectivity index (χ3v) is 0.964. The summed E-state index contributed by atoms with van der Waals surface area (Å²) in [6.45, 7) is 0. The lowest BCUT2D eigenvalue weighted by Gasteiger charge is -1.92. The Bertz CT molecular complexity index is 213. The second kappa shape index (κ2) is 2.26. The molecular formula is C6H4NO2. The molecule has 1 radical (unpaired) electrons. The molecule has 0 saturated heterocycles. The molecule has 3 heteroatoms. The van der Waals surface area contributed by atoms with Gasteiger partial charge in [0.2, 0.25) is 5.78 Å². The van der Waals surface area contributed by atoms with Gasteiger partial charge in [-0.3, -0.25) is 4.79 Å². The van der Waals surface area contributed by atoms with Crippen molar-refractivity contribution in [2.75, 3.05) is 0 Å². The number of ketones is 1. The van der Waals surface area contributed by atoms with E-state index < -0.39 is 0 Å². The number of rotatable bonds is 0. The van der Waals surface area contributed by atoms with Gasteiger partial charge in [-0.15, -0.1) is 5.21 Å². The molecule has 0 bridgehead atoms. The van der Waals surface area contributed by atoms with Crippen molar-refractivity contribution in [2.45, 2.75) is 0 Å². The van der Waals surface area contributed by atoms with Crippen LogP contribution in [0.3, 0.4) is 0 Å². The topological polar surface area (TPSA) is 49.3 Å². The highest BCUT2D eigenvalue weighted by Crippen LogP contribution is 1.93. The van der Waals surface area contributed by atoms with Crippen LogP contribution < -0.4 is 0 Å². The van der Waals surface area contributed by atoms with Gasteiger partial charge in [0.05, 0.1) is 0 Å². The average molecular weight is 122 g/mol. The molecule has 0 saturated carbocycles. The van der Waals surface area contributed by atoms with Crippen LogP contribution in [0.1, 0.15) is 0 Å². The summed E-state index contributed by atoms with van der Waals surface area (Å²) in [6.07, 6.45) is 5.85. The Morgan fingerprint density at radius 3 is 2.33 bits per heavy atom. The Balaban J connectivity index is 2.91. The second-order valence-electron chi connectivity index (χ2n) is 1.56. The van der Waals surface area contributed by atoms with Crippen LogP contribution in [0, 0.1) is 0 Å². The zero-order chi connectivity index (χ0) is 6.69. The number of hydrogen-bond acceptors (Lipinski definition) is 2. The summed E-state index contributed by atoms with van der Waals surface area (Å²) in [5.41, 5.74) is -0.0301. The molecule has 3 nitrogen and oxygen atoms in total. The zero-order valence-corrected chi connectivity index (χ0v) is 4.57. The van der Waals surface area contributed by atoms with Crippen LogP contribution in [0.15, 0.2) is 29.5 Å². The molecule has 45 valence electrons. The number of carbonyl (C=O) groups excluding carboxylic acids is 1. The highest BCUT2D eigenvalue weighted by atomic mass is 16.4. The number of nitrogens with zero attached hydrogens (tertiary/aromatic N) is 1. The molecule has 0 atom stereocenters. The third-order valence-electron chi connectivity index (χ3n) is 0.964. The Hall–Kier alpha value is -1.38. The molecule has 1 aliphatic rings. The van der Waals surface area contributed by atoms with Crippen LogP contribution in [0.2, 0.25) is 0 Å². The van der Waals surface area contributed by atoms with Crippen molar-refractivity contribution in [3.05, 3.63) is 24.3 Å². The zero-order valence-electron chi connectivity index (χ0n) is 4.57. The number of carbonyl (C=O) groups is 1. The summed E-state index contributed by atoms with van der Waals surface area (Å²) < 4.78 is 0. The second-order valence-corrected chi connectivity index (χ2v) is 1.56. The Morgan fingerprint density at radius 2 is 1.89 bits per heavy atom. The number of hydrogen-bond donors (Lipinski definition) is 0. The Morgan fingerprint density at radius 1 is 1.22 bits per heavy atom. The molecule has 0 aliphatic heterocycles. The van der Waals surface area contributed by atoms with E-state index in [1.807, 2.05) is 0 Å². The first-order valence-electron chi connectivity index (χ1n) is 2.44. The van der Waals surface area contributed by atoms with Gasteiger partial charge in [0.1, 0.15) is 0 Å². The molecule has 0 heterocycles. The molecule has 0 aromatic rings. The van der Waals surface area contributed by atoms with E-state index in [2.05, 4.69) is 5.16 Å². The fourth-order valence-electron chi connectivity index (χ4n) is 0.533. The van der Waals surface area contributed by atoms with E-state index in [1.165, 1.54) is 12.2 Å². The van der Waals surface area contributed by atoms with Crippen LogP contribution in [0.4, 0.5) is 0 Å². The predicted octanol–water partition coefficient (Wildman–Crippen LogP) is 0.468.